The third-order valence-electron chi connectivity index (χ3n) is 2.55. The van der Waals surface area contributed by atoms with Gasteiger partial charge in [-0.1, -0.05) is 0 Å². The molecular weight excluding hydrogens is 284 g/mol. The number of halogens is 1. The summed E-state index contributed by atoms with van der Waals surface area (Å²) in [6.45, 7) is 4.04. The summed E-state index contributed by atoms with van der Waals surface area (Å²) in [5.41, 5.74) is 1.36. The molecule has 2 heterocycles. The maximum atomic E-state index is 10.3. The Kier molecular flexibility index (Phi) is 3.35. The van der Waals surface area contributed by atoms with E-state index in [4.69, 9.17) is 0 Å². The second kappa shape index (κ2) is 4.62. The van der Waals surface area contributed by atoms with Gasteiger partial charge >= 0.3 is 0 Å². The first-order valence-corrected chi connectivity index (χ1v) is 6.20. The lowest BCUT2D eigenvalue weighted by Crippen LogP contribution is -2.13. The Morgan fingerprint density at radius 1 is 1.41 bits per heavy atom. The van der Waals surface area contributed by atoms with Crippen LogP contribution in [0.15, 0.2) is 22.9 Å². The molecule has 0 aliphatic rings. The van der Waals surface area contributed by atoms with Gasteiger partial charge in [-0.15, -0.1) is 0 Å². The summed E-state index contributed by atoms with van der Waals surface area (Å²) in [5.74, 6) is 0. The zero-order chi connectivity index (χ0) is 12.6. The highest BCUT2D eigenvalue weighted by Crippen LogP contribution is 2.29. The number of aryl methyl sites for hydroxylation is 1. The van der Waals surface area contributed by atoms with Gasteiger partial charge in [-0.05, 0) is 35.8 Å². The van der Waals surface area contributed by atoms with Crippen molar-refractivity contribution in [1.29, 1.82) is 0 Å². The summed E-state index contributed by atoms with van der Waals surface area (Å²) < 4.78 is 4.26. The van der Waals surface area contributed by atoms with E-state index in [-0.39, 0.29) is 6.04 Å². The van der Waals surface area contributed by atoms with Gasteiger partial charge in [0.2, 0.25) is 0 Å². The molecule has 0 amide bonds. The maximum Gasteiger partial charge on any atom is 0.140 e. The second-order valence-electron chi connectivity index (χ2n) is 4.23. The van der Waals surface area contributed by atoms with Gasteiger partial charge in [0.05, 0.1) is 22.1 Å². The predicted octanol–water partition coefficient (Wildman–Crippen LogP) is 2.04. The van der Waals surface area contributed by atoms with E-state index in [1.165, 1.54) is 0 Å². The van der Waals surface area contributed by atoms with Crippen molar-refractivity contribution in [3.05, 3.63) is 34.3 Å². The van der Waals surface area contributed by atoms with Gasteiger partial charge in [0, 0.05) is 19.3 Å². The van der Waals surface area contributed by atoms with Crippen LogP contribution in [0.3, 0.4) is 0 Å². The van der Waals surface area contributed by atoms with Crippen LogP contribution >= 0.6 is 15.9 Å². The minimum Gasteiger partial charge on any atom is -0.380 e. The van der Waals surface area contributed by atoms with Gasteiger partial charge in [0.1, 0.15) is 6.10 Å². The normalized spacial score (nSPS) is 13.3. The van der Waals surface area contributed by atoms with Gasteiger partial charge < -0.3 is 5.11 Å². The second-order valence-corrected chi connectivity index (χ2v) is 5.09. The Morgan fingerprint density at radius 2 is 2.12 bits per heavy atom. The first-order valence-electron chi connectivity index (χ1n) is 5.41. The van der Waals surface area contributed by atoms with E-state index in [1.54, 1.807) is 21.6 Å². The average Bonchev–Trinajstić information content (AvgIpc) is 2.83. The van der Waals surface area contributed by atoms with E-state index in [2.05, 4.69) is 26.1 Å². The Morgan fingerprint density at radius 3 is 2.65 bits per heavy atom. The molecule has 0 saturated carbocycles. The molecule has 1 atom stereocenters. The fourth-order valence-corrected chi connectivity index (χ4v) is 2.23. The third-order valence-corrected chi connectivity index (χ3v) is 3.16. The number of hydrogen-bond acceptors (Lipinski definition) is 3. The van der Waals surface area contributed by atoms with Gasteiger partial charge in [0.25, 0.3) is 0 Å². The molecule has 0 saturated heterocycles. The molecule has 0 bridgehead atoms. The first-order chi connectivity index (χ1) is 8.00. The molecule has 17 heavy (non-hydrogen) atoms. The maximum absolute atomic E-state index is 10.3. The van der Waals surface area contributed by atoms with E-state index < -0.39 is 6.10 Å². The lowest BCUT2D eigenvalue weighted by molar-refractivity contribution is 0.198. The molecule has 0 radical (unpaired) electrons. The number of rotatable bonds is 3. The summed E-state index contributed by atoms with van der Waals surface area (Å²) in [4.78, 5) is 0. The minimum absolute atomic E-state index is 0.190. The molecule has 0 aliphatic carbocycles. The van der Waals surface area contributed by atoms with Crippen LogP contribution in [0.1, 0.15) is 37.4 Å². The fraction of sp³-hybridized carbons (Fsp3) is 0.455. The number of nitrogens with zero attached hydrogens (tertiary/aromatic N) is 4. The number of aromatic nitrogens is 4. The molecule has 0 aliphatic heterocycles. The Hall–Kier alpha value is -1.14. The standard InChI is InChI=1S/C11H15BrN4O/c1-7(2)16-10(8(12)6-13-16)11(17)9-4-5-15(3)14-9/h4-7,11,17H,1-3H3. The molecular formula is C11H15BrN4O. The molecule has 0 spiro atoms. The van der Waals surface area contributed by atoms with Crippen LogP contribution in [-0.2, 0) is 7.05 Å². The van der Waals surface area contributed by atoms with Crippen LogP contribution in [-0.4, -0.2) is 24.7 Å². The van der Waals surface area contributed by atoms with Gasteiger partial charge in [-0.2, -0.15) is 10.2 Å². The van der Waals surface area contributed by atoms with Crippen LogP contribution < -0.4 is 0 Å². The molecule has 92 valence electrons. The Balaban J connectivity index is 2.43. The first kappa shape index (κ1) is 12.3. The molecule has 1 N–H and O–H groups in total. The quantitative estimate of drug-likeness (QED) is 0.943. The lowest BCUT2D eigenvalue weighted by atomic mass is 10.2. The Bertz CT molecular complexity index is 517. The SMILES string of the molecule is CC(C)n1ncc(Br)c1C(O)c1ccn(C)n1. The van der Waals surface area contributed by atoms with Gasteiger partial charge in [0.15, 0.2) is 0 Å². The number of hydrogen-bond donors (Lipinski definition) is 1. The van der Waals surface area contributed by atoms with Crippen molar-refractivity contribution < 1.29 is 5.11 Å². The van der Waals surface area contributed by atoms with Crippen molar-refractivity contribution in [3.8, 4) is 0 Å². The molecule has 0 aromatic carbocycles. The van der Waals surface area contributed by atoms with Gasteiger partial charge in [-0.25, -0.2) is 0 Å². The van der Waals surface area contributed by atoms with E-state index in [1.807, 2.05) is 27.1 Å². The van der Waals surface area contributed by atoms with Crippen molar-refractivity contribution in [2.45, 2.75) is 26.0 Å². The highest BCUT2D eigenvalue weighted by molar-refractivity contribution is 9.10. The Labute approximate surface area is 108 Å². The zero-order valence-electron chi connectivity index (χ0n) is 10.0. The van der Waals surface area contributed by atoms with Crippen LogP contribution in [0.5, 0.6) is 0 Å². The van der Waals surface area contributed by atoms with Crippen LogP contribution in [0.2, 0.25) is 0 Å². The molecule has 2 aromatic rings. The summed E-state index contributed by atoms with van der Waals surface area (Å²) in [5, 5.41) is 18.8. The average molecular weight is 299 g/mol. The lowest BCUT2D eigenvalue weighted by Gasteiger charge is -2.15. The molecule has 0 fully saturated rings. The van der Waals surface area contributed by atoms with Crippen molar-refractivity contribution >= 4 is 15.9 Å². The van der Waals surface area contributed by atoms with Gasteiger partial charge in [-0.3, -0.25) is 9.36 Å². The predicted molar refractivity (Wildman–Crippen MR) is 67.6 cm³/mol. The molecule has 1 unspecified atom stereocenters. The monoisotopic (exact) mass is 298 g/mol. The summed E-state index contributed by atoms with van der Waals surface area (Å²) in [6.07, 6.45) is 2.74. The zero-order valence-corrected chi connectivity index (χ0v) is 11.6. The van der Waals surface area contributed by atoms with Crippen molar-refractivity contribution in [3.63, 3.8) is 0 Å². The van der Waals surface area contributed by atoms with Crippen molar-refractivity contribution in [2.24, 2.45) is 7.05 Å². The molecule has 6 heteroatoms. The topological polar surface area (TPSA) is 55.9 Å². The fourth-order valence-electron chi connectivity index (χ4n) is 1.74. The summed E-state index contributed by atoms with van der Waals surface area (Å²) in [6, 6.07) is 1.99. The van der Waals surface area contributed by atoms with Crippen LogP contribution in [0.25, 0.3) is 0 Å². The van der Waals surface area contributed by atoms with E-state index in [0.717, 1.165) is 10.2 Å². The largest absolute Gasteiger partial charge is 0.380 e. The highest BCUT2D eigenvalue weighted by Gasteiger charge is 2.22. The smallest absolute Gasteiger partial charge is 0.140 e. The summed E-state index contributed by atoms with van der Waals surface area (Å²) in [7, 11) is 1.82. The number of aliphatic hydroxyl groups is 1. The molecule has 5 nitrogen and oxygen atoms in total. The van der Waals surface area contributed by atoms with E-state index in [9.17, 15) is 5.11 Å². The number of aliphatic hydroxyl groups excluding tert-OH is 1. The summed E-state index contributed by atoms with van der Waals surface area (Å²) >= 11 is 3.41. The molecule has 2 aromatic heterocycles. The molecule has 2 rings (SSSR count). The highest BCUT2D eigenvalue weighted by atomic mass is 79.9. The van der Waals surface area contributed by atoms with Crippen LogP contribution in [0.4, 0.5) is 0 Å². The van der Waals surface area contributed by atoms with Crippen molar-refractivity contribution in [1.82, 2.24) is 19.6 Å². The third kappa shape index (κ3) is 2.28. The van der Waals surface area contributed by atoms with Crippen molar-refractivity contribution in [2.75, 3.05) is 0 Å². The minimum atomic E-state index is -0.768. The van der Waals surface area contributed by atoms with E-state index >= 15 is 0 Å². The van der Waals surface area contributed by atoms with E-state index in [0.29, 0.717) is 5.69 Å². The van der Waals surface area contributed by atoms with Crippen LogP contribution in [0, 0.1) is 0 Å².